The minimum atomic E-state index is -4.72. The Hall–Kier alpha value is -3.04. The molecule has 0 aliphatic rings. The first-order valence-electron chi connectivity index (χ1n) is 11.6. The summed E-state index contributed by atoms with van der Waals surface area (Å²) in [5.74, 6) is -1.89. The highest BCUT2D eigenvalue weighted by Gasteiger charge is 2.44. The van der Waals surface area contributed by atoms with Crippen LogP contribution in [0.3, 0.4) is 0 Å². The maximum atomic E-state index is 13.2. The molecule has 2 rings (SSSR count). The van der Waals surface area contributed by atoms with Crippen LogP contribution in [0.25, 0.3) is 0 Å². The zero-order chi connectivity index (χ0) is 26.6. The van der Waals surface area contributed by atoms with E-state index in [-0.39, 0.29) is 24.0 Å². The van der Waals surface area contributed by atoms with Gasteiger partial charge in [-0.25, -0.2) is 0 Å². The van der Waals surface area contributed by atoms with Crippen molar-refractivity contribution in [3.8, 4) is 0 Å². The van der Waals surface area contributed by atoms with E-state index in [0.29, 0.717) is 38.5 Å². The molecule has 2 unspecified atom stereocenters. The highest BCUT2D eigenvalue weighted by Crippen LogP contribution is 2.37. The van der Waals surface area contributed by atoms with Crippen LogP contribution in [0.15, 0.2) is 60.7 Å². The first-order valence-corrected chi connectivity index (χ1v) is 11.6. The molecule has 0 fully saturated rings. The fourth-order valence-corrected chi connectivity index (χ4v) is 3.53. The van der Waals surface area contributed by atoms with Gasteiger partial charge in [-0.15, -0.1) is 0 Å². The van der Waals surface area contributed by atoms with Crippen molar-refractivity contribution in [2.24, 2.45) is 0 Å². The molecule has 36 heavy (non-hydrogen) atoms. The largest absolute Gasteiger partial charge is 0.448 e. The maximum Gasteiger partial charge on any atom is 0.429 e. The summed E-state index contributed by atoms with van der Waals surface area (Å²) in [5, 5.41) is 0. The lowest BCUT2D eigenvalue weighted by atomic mass is 10.1. The van der Waals surface area contributed by atoms with Gasteiger partial charge in [0, 0.05) is 24.0 Å². The number of halogens is 6. The molecule has 0 saturated carbocycles. The molecule has 0 aromatic heterocycles. The smallest absolute Gasteiger partial charge is 0.429 e. The van der Waals surface area contributed by atoms with Crippen LogP contribution in [-0.4, -0.2) is 24.3 Å². The van der Waals surface area contributed by atoms with E-state index >= 15 is 0 Å². The van der Waals surface area contributed by atoms with E-state index in [2.05, 4.69) is 9.47 Å². The average Bonchev–Trinajstić information content (AvgIpc) is 2.82. The number of alkyl halides is 6. The lowest BCUT2D eigenvalue weighted by Gasteiger charge is -2.21. The minimum absolute atomic E-state index is 0.151. The summed E-state index contributed by atoms with van der Waals surface area (Å²) >= 11 is 0. The van der Waals surface area contributed by atoms with Crippen LogP contribution in [0.2, 0.25) is 0 Å². The summed E-state index contributed by atoms with van der Waals surface area (Å²) in [4.78, 5) is 23.8. The number of unbranched alkanes of at least 4 members (excludes halogenated alkanes) is 5. The van der Waals surface area contributed by atoms with Crippen molar-refractivity contribution in [1.82, 2.24) is 0 Å². The van der Waals surface area contributed by atoms with Crippen LogP contribution >= 0.6 is 0 Å². The summed E-state index contributed by atoms with van der Waals surface area (Å²) in [6, 6.07) is 13.8. The number of benzene rings is 2. The second-order valence-corrected chi connectivity index (χ2v) is 8.27. The van der Waals surface area contributed by atoms with E-state index in [9.17, 15) is 35.9 Å². The Morgan fingerprint density at radius 1 is 0.556 bits per heavy atom. The van der Waals surface area contributed by atoms with Gasteiger partial charge in [0.2, 0.25) is 12.2 Å². The molecule has 10 heteroatoms. The Labute approximate surface area is 205 Å². The zero-order valence-electron chi connectivity index (χ0n) is 19.5. The third-order valence-electron chi connectivity index (χ3n) is 5.31. The number of hydrogen-bond donors (Lipinski definition) is 0. The summed E-state index contributed by atoms with van der Waals surface area (Å²) < 4.78 is 88.7. The van der Waals surface area contributed by atoms with Crippen LogP contribution in [0, 0.1) is 0 Å². The van der Waals surface area contributed by atoms with Crippen LogP contribution < -0.4 is 0 Å². The van der Waals surface area contributed by atoms with Gasteiger partial charge in [0.25, 0.3) is 0 Å². The second kappa shape index (κ2) is 13.9. The van der Waals surface area contributed by atoms with E-state index in [1.807, 2.05) is 0 Å². The predicted octanol–water partition coefficient (Wildman–Crippen LogP) is 7.80. The Morgan fingerprint density at radius 2 is 0.861 bits per heavy atom. The van der Waals surface area contributed by atoms with Gasteiger partial charge in [-0.3, -0.25) is 9.59 Å². The molecule has 0 heterocycles. The van der Waals surface area contributed by atoms with Gasteiger partial charge in [-0.2, -0.15) is 26.3 Å². The summed E-state index contributed by atoms with van der Waals surface area (Å²) in [5.41, 5.74) is -0.301. The van der Waals surface area contributed by atoms with E-state index in [1.165, 1.54) is 48.5 Å². The molecular weight excluding hydrogens is 490 g/mol. The van der Waals surface area contributed by atoms with Gasteiger partial charge < -0.3 is 9.47 Å². The Bertz CT molecular complexity index is 851. The first-order chi connectivity index (χ1) is 17.0. The second-order valence-electron chi connectivity index (χ2n) is 8.27. The van der Waals surface area contributed by atoms with Crippen molar-refractivity contribution in [2.45, 2.75) is 75.9 Å². The summed E-state index contributed by atoms with van der Waals surface area (Å²) in [6.07, 6.45) is -11.3. The van der Waals surface area contributed by atoms with Crippen LogP contribution in [0.5, 0.6) is 0 Å². The van der Waals surface area contributed by atoms with Crippen LogP contribution in [0.1, 0.15) is 74.7 Å². The van der Waals surface area contributed by atoms with Crippen molar-refractivity contribution in [2.75, 3.05) is 0 Å². The molecule has 2 aromatic carbocycles. The standard InChI is InChI=1S/C26H28F6O4/c27-25(28,29)23(19-13-7-5-8-14-19)35-21(33)17-11-3-1-2-4-12-18-22(34)36-24(26(30,31)32)20-15-9-6-10-16-20/h5-10,13-16,23-24H,1-4,11-12,17-18H2. The monoisotopic (exact) mass is 518 g/mol. The molecule has 0 bridgehead atoms. The van der Waals surface area contributed by atoms with Gasteiger partial charge in [-0.1, -0.05) is 86.3 Å². The number of carbonyl (C=O) groups excluding carboxylic acids is 2. The Morgan fingerprint density at radius 3 is 1.17 bits per heavy atom. The van der Waals surface area contributed by atoms with E-state index in [1.54, 1.807) is 12.1 Å². The number of hydrogen-bond acceptors (Lipinski definition) is 4. The van der Waals surface area contributed by atoms with Gasteiger partial charge in [0.05, 0.1) is 0 Å². The van der Waals surface area contributed by atoms with Crippen molar-refractivity contribution < 1.29 is 45.4 Å². The predicted molar refractivity (Wildman–Crippen MR) is 120 cm³/mol. The molecule has 0 radical (unpaired) electrons. The fraction of sp³-hybridized carbons (Fsp3) is 0.462. The SMILES string of the molecule is O=C(CCCCCCCCC(=O)OC(c1ccccc1)C(F)(F)F)OC(c1ccccc1)C(F)(F)F. The average molecular weight is 518 g/mol. The highest BCUT2D eigenvalue weighted by atomic mass is 19.4. The van der Waals surface area contributed by atoms with Crippen molar-refractivity contribution in [1.29, 1.82) is 0 Å². The van der Waals surface area contributed by atoms with Gasteiger partial charge >= 0.3 is 24.3 Å². The summed E-state index contributed by atoms with van der Waals surface area (Å²) in [7, 11) is 0. The molecule has 2 aromatic rings. The number of esters is 2. The molecule has 4 nitrogen and oxygen atoms in total. The quantitative estimate of drug-likeness (QED) is 0.154. The third kappa shape index (κ3) is 10.3. The van der Waals surface area contributed by atoms with Crippen molar-refractivity contribution >= 4 is 11.9 Å². The lowest BCUT2D eigenvalue weighted by Crippen LogP contribution is -2.26. The normalized spacial score (nSPS) is 13.6. The first kappa shape index (κ1) is 29.2. The molecule has 0 N–H and O–H groups in total. The summed E-state index contributed by atoms with van der Waals surface area (Å²) in [6.45, 7) is 0. The van der Waals surface area contributed by atoms with E-state index in [4.69, 9.17) is 0 Å². The maximum absolute atomic E-state index is 13.2. The molecule has 0 saturated heterocycles. The van der Waals surface area contributed by atoms with E-state index < -0.39 is 36.5 Å². The number of ether oxygens (including phenoxy) is 2. The molecule has 2 atom stereocenters. The topological polar surface area (TPSA) is 52.6 Å². The van der Waals surface area contributed by atoms with Gasteiger partial charge in [0.15, 0.2) is 0 Å². The van der Waals surface area contributed by atoms with Crippen molar-refractivity contribution in [3.63, 3.8) is 0 Å². The number of rotatable bonds is 13. The van der Waals surface area contributed by atoms with Crippen LogP contribution in [-0.2, 0) is 19.1 Å². The highest BCUT2D eigenvalue weighted by molar-refractivity contribution is 5.70. The van der Waals surface area contributed by atoms with Gasteiger partial charge in [-0.05, 0) is 12.8 Å². The lowest BCUT2D eigenvalue weighted by molar-refractivity contribution is -0.224. The Kier molecular flexibility index (Phi) is 11.3. The Balaban J connectivity index is 1.62. The fourth-order valence-electron chi connectivity index (χ4n) is 3.53. The minimum Gasteiger partial charge on any atom is -0.448 e. The van der Waals surface area contributed by atoms with E-state index in [0.717, 1.165) is 0 Å². The van der Waals surface area contributed by atoms with Crippen LogP contribution in [0.4, 0.5) is 26.3 Å². The third-order valence-corrected chi connectivity index (χ3v) is 5.31. The van der Waals surface area contributed by atoms with Gasteiger partial charge in [0.1, 0.15) is 0 Å². The molecule has 0 amide bonds. The molecule has 198 valence electrons. The molecule has 0 aliphatic carbocycles. The van der Waals surface area contributed by atoms with Crippen molar-refractivity contribution in [3.05, 3.63) is 71.8 Å². The molecular formula is C26H28F6O4. The number of carbonyl (C=O) groups is 2. The zero-order valence-corrected chi connectivity index (χ0v) is 19.5. The molecule has 0 aliphatic heterocycles. The molecule has 0 spiro atoms.